The fourth-order valence-electron chi connectivity index (χ4n) is 1.98. The van der Waals surface area contributed by atoms with Gasteiger partial charge in [-0.05, 0) is 0 Å². The van der Waals surface area contributed by atoms with Crippen molar-refractivity contribution in [3.63, 3.8) is 0 Å². The molecule has 21 heavy (non-hydrogen) atoms. The number of hydrogen-bond donors (Lipinski definition) is 0. The van der Waals surface area contributed by atoms with Crippen LogP contribution in [0.1, 0.15) is 0 Å². The number of aromatic nitrogens is 4. The Morgan fingerprint density at radius 1 is 1.14 bits per heavy atom. The molecule has 2 rings (SSSR count). The molecule has 0 aliphatic carbocycles. The predicted molar refractivity (Wildman–Crippen MR) is 77.0 cm³/mol. The molecule has 0 N–H and O–H groups in total. The quantitative estimate of drug-likeness (QED) is 0.529. The summed E-state index contributed by atoms with van der Waals surface area (Å²) in [5.74, 6) is 0. The number of quaternary nitrogens is 1. The SMILES string of the molecule is Cn1c(=O)c2c(nc(OCC[N+](C)(C)[O-])n2C)n(C)c1=O. The summed E-state index contributed by atoms with van der Waals surface area (Å²) in [6.45, 7) is 0.419. The van der Waals surface area contributed by atoms with Crippen LogP contribution in [-0.2, 0) is 21.1 Å². The van der Waals surface area contributed by atoms with Gasteiger partial charge >= 0.3 is 5.69 Å². The van der Waals surface area contributed by atoms with Gasteiger partial charge in [0.2, 0.25) is 0 Å². The molecule has 2 heterocycles. The number of hydrogen-bond acceptors (Lipinski definition) is 5. The second-order valence-corrected chi connectivity index (χ2v) is 5.48. The lowest BCUT2D eigenvalue weighted by Crippen LogP contribution is -2.37. The van der Waals surface area contributed by atoms with Crippen LogP contribution in [-0.4, -0.2) is 50.6 Å². The number of aryl methyl sites for hydroxylation is 2. The minimum Gasteiger partial charge on any atom is -0.633 e. The Bertz CT molecular complexity index is 793. The molecular weight excluding hydrogens is 278 g/mol. The fraction of sp³-hybridized carbons (Fsp3) is 0.583. The summed E-state index contributed by atoms with van der Waals surface area (Å²) in [6, 6.07) is 0.205. The first kappa shape index (κ1) is 15.3. The Labute approximate surface area is 120 Å². The van der Waals surface area contributed by atoms with Crippen LogP contribution in [0, 0.1) is 5.21 Å². The number of imidazole rings is 1. The van der Waals surface area contributed by atoms with Crippen molar-refractivity contribution in [1.82, 2.24) is 18.7 Å². The molecule has 0 spiro atoms. The molecule has 0 bridgehead atoms. The second-order valence-electron chi connectivity index (χ2n) is 5.48. The first-order valence-corrected chi connectivity index (χ1v) is 6.42. The van der Waals surface area contributed by atoms with Crippen LogP contribution in [0.5, 0.6) is 6.01 Å². The summed E-state index contributed by atoms with van der Waals surface area (Å²) in [6.07, 6.45) is 0. The highest BCUT2D eigenvalue weighted by Crippen LogP contribution is 2.15. The summed E-state index contributed by atoms with van der Waals surface area (Å²) in [7, 11) is 7.61. The van der Waals surface area contributed by atoms with Crippen molar-refractivity contribution >= 4 is 11.2 Å². The maximum atomic E-state index is 12.1. The summed E-state index contributed by atoms with van der Waals surface area (Å²) >= 11 is 0. The average Bonchev–Trinajstić information content (AvgIpc) is 2.70. The molecule has 0 aromatic carbocycles. The number of nitrogens with zero attached hydrogens (tertiary/aromatic N) is 5. The number of hydroxylamine groups is 3. The molecule has 0 atom stereocenters. The van der Waals surface area contributed by atoms with Gasteiger partial charge in [0.05, 0.1) is 14.1 Å². The lowest BCUT2D eigenvalue weighted by molar-refractivity contribution is -0.840. The van der Waals surface area contributed by atoms with Crippen molar-refractivity contribution < 1.29 is 9.38 Å². The molecule has 9 heteroatoms. The van der Waals surface area contributed by atoms with E-state index in [0.717, 1.165) is 4.57 Å². The summed E-state index contributed by atoms with van der Waals surface area (Å²) in [4.78, 5) is 28.2. The van der Waals surface area contributed by atoms with Crippen molar-refractivity contribution in [2.45, 2.75) is 0 Å². The van der Waals surface area contributed by atoms with E-state index in [0.29, 0.717) is 0 Å². The zero-order chi connectivity index (χ0) is 15.9. The smallest absolute Gasteiger partial charge is 0.332 e. The molecule has 2 aromatic rings. The van der Waals surface area contributed by atoms with Crippen molar-refractivity contribution in [2.75, 3.05) is 27.2 Å². The number of likely N-dealkylation sites (N-methyl/N-ethyl adjacent to an activating group) is 1. The number of rotatable bonds is 4. The molecule has 0 saturated carbocycles. The van der Waals surface area contributed by atoms with E-state index in [2.05, 4.69) is 4.98 Å². The van der Waals surface area contributed by atoms with Crippen LogP contribution in [0.3, 0.4) is 0 Å². The Balaban J connectivity index is 2.47. The molecule has 0 fully saturated rings. The molecule has 9 nitrogen and oxygen atoms in total. The van der Waals surface area contributed by atoms with E-state index >= 15 is 0 Å². The topological polar surface area (TPSA) is 94.1 Å². The third-order valence-corrected chi connectivity index (χ3v) is 3.30. The fourth-order valence-corrected chi connectivity index (χ4v) is 1.98. The molecular formula is C12H19N5O4. The van der Waals surface area contributed by atoms with Gasteiger partial charge in [-0.2, -0.15) is 4.98 Å². The van der Waals surface area contributed by atoms with Crippen LogP contribution in [0.25, 0.3) is 11.2 Å². The molecule has 0 saturated heterocycles. The number of ether oxygens (including phenoxy) is 1. The zero-order valence-electron chi connectivity index (χ0n) is 12.8. The zero-order valence-corrected chi connectivity index (χ0v) is 12.8. The minimum absolute atomic E-state index is 0.169. The van der Waals surface area contributed by atoms with Gasteiger partial charge < -0.3 is 14.6 Å². The van der Waals surface area contributed by atoms with Gasteiger partial charge in [0.15, 0.2) is 11.2 Å². The van der Waals surface area contributed by atoms with Gasteiger partial charge in [0.25, 0.3) is 11.6 Å². The third kappa shape index (κ3) is 2.69. The summed E-state index contributed by atoms with van der Waals surface area (Å²) < 4.78 is 8.77. The predicted octanol–water partition coefficient (Wildman–Crippen LogP) is -1.08. The summed E-state index contributed by atoms with van der Waals surface area (Å²) in [5.41, 5.74) is -0.339. The number of fused-ring (bicyclic) bond motifs is 1. The highest BCUT2D eigenvalue weighted by atomic mass is 16.5. The van der Waals surface area contributed by atoms with Crippen molar-refractivity contribution in [2.24, 2.45) is 21.1 Å². The highest BCUT2D eigenvalue weighted by Gasteiger charge is 2.18. The third-order valence-electron chi connectivity index (χ3n) is 3.30. The molecule has 0 radical (unpaired) electrons. The Morgan fingerprint density at radius 3 is 2.33 bits per heavy atom. The lowest BCUT2D eigenvalue weighted by atomic mass is 10.5. The van der Waals surface area contributed by atoms with Gasteiger partial charge in [0.1, 0.15) is 13.2 Å². The highest BCUT2D eigenvalue weighted by molar-refractivity contribution is 5.71. The van der Waals surface area contributed by atoms with E-state index < -0.39 is 15.9 Å². The van der Waals surface area contributed by atoms with Gasteiger partial charge in [-0.1, -0.05) is 0 Å². The lowest BCUT2D eigenvalue weighted by Gasteiger charge is -2.33. The van der Waals surface area contributed by atoms with Crippen molar-refractivity contribution in [1.29, 1.82) is 0 Å². The first-order valence-electron chi connectivity index (χ1n) is 6.42. The van der Waals surface area contributed by atoms with Crippen LogP contribution in [0.15, 0.2) is 9.59 Å². The van der Waals surface area contributed by atoms with Gasteiger partial charge in [-0.3, -0.25) is 18.5 Å². The average molecular weight is 297 g/mol. The van der Waals surface area contributed by atoms with Crippen LogP contribution in [0.2, 0.25) is 0 Å². The van der Waals surface area contributed by atoms with E-state index in [-0.39, 0.29) is 30.3 Å². The van der Waals surface area contributed by atoms with E-state index in [1.165, 1.54) is 30.3 Å². The standard InChI is InChI=1S/C12H19N5O4/c1-14-8-9(15(2)12(19)16(3)10(8)18)13-11(14)21-7-6-17(4,5)20/h6-7H2,1-5H3. The second kappa shape index (κ2) is 5.01. The van der Waals surface area contributed by atoms with E-state index in [1.807, 2.05) is 0 Å². The van der Waals surface area contributed by atoms with Gasteiger partial charge in [0, 0.05) is 21.1 Å². The van der Waals surface area contributed by atoms with E-state index in [9.17, 15) is 14.8 Å². The van der Waals surface area contributed by atoms with E-state index in [1.54, 1.807) is 14.1 Å². The molecule has 116 valence electrons. The van der Waals surface area contributed by atoms with Gasteiger partial charge in [-0.25, -0.2) is 4.79 Å². The molecule has 2 aromatic heterocycles. The maximum Gasteiger partial charge on any atom is 0.332 e. The molecule has 0 amide bonds. The monoisotopic (exact) mass is 297 g/mol. The van der Waals surface area contributed by atoms with Crippen LogP contribution < -0.4 is 16.0 Å². The Kier molecular flexibility index (Phi) is 3.64. The molecule has 0 aliphatic heterocycles. The summed E-state index contributed by atoms with van der Waals surface area (Å²) in [5, 5.41) is 11.5. The van der Waals surface area contributed by atoms with Crippen molar-refractivity contribution in [3.05, 3.63) is 26.0 Å². The van der Waals surface area contributed by atoms with E-state index in [4.69, 9.17) is 4.74 Å². The Hall–Kier alpha value is -2.13. The van der Waals surface area contributed by atoms with Gasteiger partial charge in [-0.15, -0.1) is 0 Å². The minimum atomic E-state index is -0.482. The van der Waals surface area contributed by atoms with Crippen LogP contribution in [0.4, 0.5) is 0 Å². The van der Waals surface area contributed by atoms with Crippen LogP contribution >= 0.6 is 0 Å². The maximum absolute atomic E-state index is 12.1. The molecule has 0 unspecified atom stereocenters. The molecule has 0 aliphatic rings. The normalized spacial score (nSPS) is 12.1. The Morgan fingerprint density at radius 2 is 1.76 bits per heavy atom. The van der Waals surface area contributed by atoms with Crippen molar-refractivity contribution in [3.8, 4) is 6.01 Å². The first-order chi connectivity index (χ1) is 9.63. The largest absolute Gasteiger partial charge is 0.633 e.